The van der Waals surface area contributed by atoms with Crippen molar-refractivity contribution in [2.75, 3.05) is 5.32 Å². The number of rotatable bonds is 4. The van der Waals surface area contributed by atoms with Crippen LogP contribution < -0.4 is 9.88 Å². The second kappa shape index (κ2) is 7.19. The fraction of sp³-hybridized carbons (Fsp3) is 0.0435. The minimum absolute atomic E-state index is 0.0448. The molecule has 3 heteroatoms. The second-order valence-corrected chi connectivity index (χ2v) is 6.21. The standard InChI is InChI=1S/C23H18N2O/c26-23(24-22-14-6-11-19-10-4-5-13-21(19)22)17-25-15-7-12-20(16-25)18-8-2-1-3-9-18/h1-16H,17H2/p+1. The molecule has 0 unspecified atom stereocenters. The molecule has 3 aromatic carbocycles. The second-order valence-electron chi connectivity index (χ2n) is 6.21. The summed E-state index contributed by atoms with van der Waals surface area (Å²) in [4.78, 5) is 12.5. The first-order chi connectivity index (χ1) is 12.8. The van der Waals surface area contributed by atoms with Crippen LogP contribution in [0.4, 0.5) is 5.69 Å². The molecule has 1 heterocycles. The molecule has 0 aliphatic carbocycles. The predicted octanol–water partition coefficient (Wildman–Crippen LogP) is 4.43. The lowest BCUT2D eigenvalue weighted by atomic mass is 10.1. The van der Waals surface area contributed by atoms with Crippen molar-refractivity contribution in [3.63, 3.8) is 0 Å². The Labute approximate surface area is 152 Å². The van der Waals surface area contributed by atoms with Gasteiger partial charge in [0.05, 0.1) is 0 Å². The summed E-state index contributed by atoms with van der Waals surface area (Å²) >= 11 is 0. The molecule has 4 rings (SSSR count). The third-order valence-electron chi connectivity index (χ3n) is 4.36. The number of carbonyl (C=O) groups is 1. The van der Waals surface area contributed by atoms with E-state index in [1.807, 2.05) is 83.7 Å². The lowest BCUT2D eigenvalue weighted by Crippen LogP contribution is -2.39. The average molecular weight is 339 g/mol. The van der Waals surface area contributed by atoms with Crippen molar-refractivity contribution in [1.82, 2.24) is 0 Å². The number of nitrogens with one attached hydrogen (secondary N) is 1. The Hall–Kier alpha value is -3.46. The van der Waals surface area contributed by atoms with Crippen LogP contribution >= 0.6 is 0 Å². The summed E-state index contributed by atoms with van der Waals surface area (Å²) in [5.74, 6) is -0.0448. The van der Waals surface area contributed by atoms with Crippen molar-refractivity contribution in [2.45, 2.75) is 6.54 Å². The Morgan fingerprint density at radius 2 is 1.50 bits per heavy atom. The highest BCUT2D eigenvalue weighted by Crippen LogP contribution is 2.22. The molecule has 126 valence electrons. The van der Waals surface area contributed by atoms with Crippen LogP contribution in [-0.2, 0) is 11.3 Å². The van der Waals surface area contributed by atoms with Gasteiger partial charge in [0.1, 0.15) is 0 Å². The van der Waals surface area contributed by atoms with Gasteiger partial charge in [-0.1, -0.05) is 66.7 Å². The van der Waals surface area contributed by atoms with Gasteiger partial charge in [-0.05, 0) is 23.1 Å². The van der Waals surface area contributed by atoms with Crippen molar-refractivity contribution < 1.29 is 9.36 Å². The molecule has 0 aliphatic heterocycles. The van der Waals surface area contributed by atoms with E-state index in [2.05, 4.69) is 23.5 Å². The lowest BCUT2D eigenvalue weighted by molar-refractivity contribution is -0.683. The number of anilines is 1. The van der Waals surface area contributed by atoms with Crippen LogP contribution in [0.2, 0.25) is 0 Å². The zero-order chi connectivity index (χ0) is 17.8. The molecule has 0 saturated heterocycles. The Bertz CT molecular complexity index is 1050. The molecule has 1 aromatic heterocycles. The third kappa shape index (κ3) is 3.47. The Balaban J connectivity index is 1.53. The summed E-state index contributed by atoms with van der Waals surface area (Å²) in [6.45, 7) is 0.268. The molecular weight excluding hydrogens is 320 g/mol. The smallest absolute Gasteiger partial charge is 0.290 e. The van der Waals surface area contributed by atoms with Gasteiger partial charge in [0.2, 0.25) is 6.54 Å². The van der Waals surface area contributed by atoms with E-state index in [0.717, 1.165) is 27.6 Å². The van der Waals surface area contributed by atoms with Crippen LogP contribution in [0.15, 0.2) is 97.3 Å². The molecule has 0 aliphatic rings. The summed E-state index contributed by atoms with van der Waals surface area (Å²) in [6, 6.07) is 28.2. The van der Waals surface area contributed by atoms with Crippen molar-refractivity contribution in [3.8, 4) is 11.1 Å². The number of pyridine rings is 1. The molecule has 0 saturated carbocycles. The van der Waals surface area contributed by atoms with Gasteiger partial charge in [-0.2, -0.15) is 4.57 Å². The number of nitrogens with zero attached hydrogens (tertiary/aromatic N) is 1. The molecular formula is C23H19N2O+. The number of aromatic nitrogens is 1. The van der Waals surface area contributed by atoms with Crippen LogP contribution in [0.1, 0.15) is 0 Å². The maximum atomic E-state index is 12.5. The van der Waals surface area contributed by atoms with E-state index in [1.54, 1.807) is 0 Å². The zero-order valence-corrected chi connectivity index (χ0v) is 14.3. The highest BCUT2D eigenvalue weighted by molar-refractivity contribution is 6.01. The summed E-state index contributed by atoms with van der Waals surface area (Å²) in [6.07, 6.45) is 3.91. The van der Waals surface area contributed by atoms with E-state index in [0.29, 0.717) is 0 Å². The fourth-order valence-electron chi connectivity index (χ4n) is 3.11. The number of carbonyl (C=O) groups excluding carboxylic acids is 1. The van der Waals surface area contributed by atoms with Crippen molar-refractivity contribution in [2.24, 2.45) is 0 Å². The van der Waals surface area contributed by atoms with E-state index < -0.39 is 0 Å². The fourth-order valence-corrected chi connectivity index (χ4v) is 3.11. The monoisotopic (exact) mass is 339 g/mol. The normalized spacial score (nSPS) is 10.6. The Kier molecular flexibility index (Phi) is 4.44. The van der Waals surface area contributed by atoms with Crippen molar-refractivity contribution in [1.29, 1.82) is 0 Å². The molecule has 0 spiro atoms. The van der Waals surface area contributed by atoms with Crippen LogP contribution in [0.5, 0.6) is 0 Å². The molecule has 4 aromatic rings. The van der Waals surface area contributed by atoms with E-state index in [1.165, 1.54) is 0 Å². The maximum absolute atomic E-state index is 12.5. The van der Waals surface area contributed by atoms with Gasteiger partial charge < -0.3 is 5.32 Å². The zero-order valence-electron chi connectivity index (χ0n) is 14.3. The summed E-state index contributed by atoms with van der Waals surface area (Å²) in [7, 11) is 0. The molecule has 26 heavy (non-hydrogen) atoms. The lowest BCUT2D eigenvalue weighted by Gasteiger charge is -2.07. The molecule has 0 atom stereocenters. The van der Waals surface area contributed by atoms with Crippen molar-refractivity contribution in [3.05, 3.63) is 97.3 Å². The first-order valence-corrected chi connectivity index (χ1v) is 8.62. The van der Waals surface area contributed by atoms with Gasteiger partial charge in [-0.3, -0.25) is 4.79 Å². The minimum atomic E-state index is -0.0448. The van der Waals surface area contributed by atoms with Gasteiger partial charge >= 0.3 is 0 Å². The average Bonchev–Trinajstić information content (AvgIpc) is 2.69. The molecule has 0 fully saturated rings. The molecule has 0 bridgehead atoms. The summed E-state index contributed by atoms with van der Waals surface area (Å²) in [5, 5.41) is 5.20. The van der Waals surface area contributed by atoms with Gasteiger partial charge in [0.25, 0.3) is 5.91 Å². The number of hydrogen-bond acceptors (Lipinski definition) is 1. The molecule has 1 amide bonds. The topological polar surface area (TPSA) is 33.0 Å². The van der Waals surface area contributed by atoms with Crippen molar-refractivity contribution >= 4 is 22.4 Å². The number of hydrogen-bond donors (Lipinski definition) is 1. The predicted molar refractivity (Wildman–Crippen MR) is 105 cm³/mol. The largest absolute Gasteiger partial charge is 0.320 e. The summed E-state index contributed by atoms with van der Waals surface area (Å²) < 4.78 is 1.91. The van der Waals surface area contributed by atoms with E-state index >= 15 is 0 Å². The quantitative estimate of drug-likeness (QED) is 0.548. The highest BCUT2D eigenvalue weighted by atomic mass is 16.1. The first-order valence-electron chi connectivity index (χ1n) is 8.62. The Morgan fingerprint density at radius 1 is 0.769 bits per heavy atom. The maximum Gasteiger partial charge on any atom is 0.290 e. The van der Waals surface area contributed by atoms with Crippen LogP contribution in [0, 0.1) is 0 Å². The van der Waals surface area contributed by atoms with Crippen LogP contribution in [0.25, 0.3) is 21.9 Å². The molecule has 1 N–H and O–H groups in total. The van der Waals surface area contributed by atoms with E-state index in [4.69, 9.17) is 0 Å². The highest BCUT2D eigenvalue weighted by Gasteiger charge is 2.12. The summed E-state index contributed by atoms with van der Waals surface area (Å²) in [5.41, 5.74) is 3.07. The van der Waals surface area contributed by atoms with Crippen LogP contribution in [-0.4, -0.2) is 5.91 Å². The number of benzene rings is 3. The Morgan fingerprint density at radius 3 is 2.38 bits per heavy atom. The molecule has 3 nitrogen and oxygen atoms in total. The minimum Gasteiger partial charge on any atom is -0.320 e. The SMILES string of the molecule is O=C(C[n+]1cccc(-c2ccccc2)c1)Nc1cccc2ccccc12. The van der Waals surface area contributed by atoms with Gasteiger partial charge in [-0.25, -0.2) is 0 Å². The first kappa shape index (κ1) is 16.0. The van der Waals surface area contributed by atoms with Gasteiger partial charge in [-0.15, -0.1) is 0 Å². The molecule has 0 radical (unpaired) electrons. The van der Waals surface area contributed by atoms with Gasteiger partial charge in [0.15, 0.2) is 12.4 Å². The van der Waals surface area contributed by atoms with Gasteiger partial charge in [0, 0.05) is 22.7 Å². The van der Waals surface area contributed by atoms with Crippen LogP contribution in [0.3, 0.4) is 0 Å². The van der Waals surface area contributed by atoms with E-state index in [-0.39, 0.29) is 12.5 Å². The third-order valence-corrected chi connectivity index (χ3v) is 4.36. The number of amides is 1. The van der Waals surface area contributed by atoms with E-state index in [9.17, 15) is 4.79 Å². The number of fused-ring (bicyclic) bond motifs is 1.